The topological polar surface area (TPSA) is 50.8 Å². The van der Waals surface area contributed by atoms with Gasteiger partial charge in [-0.25, -0.2) is 0 Å². The van der Waals surface area contributed by atoms with Crippen LogP contribution < -0.4 is 14.8 Å². The van der Waals surface area contributed by atoms with Gasteiger partial charge < -0.3 is 14.8 Å². The highest BCUT2D eigenvalue weighted by molar-refractivity contribution is 7.07. The summed E-state index contributed by atoms with van der Waals surface area (Å²) in [4.78, 5) is 15.0. The molecule has 2 atom stereocenters. The van der Waals surface area contributed by atoms with Gasteiger partial charge in [0.1, 0.15) is 0 Å². The SMILES string of the molecule is COc1ccc(CCNC(=O)C(C)N2CCCC2c2ccsc2)cc1OC. The van der Waals surface area contributed by atoms with Gasteiger partial charge in [0.2, 0.25) is 5.91 Å². The summed E-state index contributed by atoms with van der Waals surface area (Å²) in [5, 5.41) is 7.40. The second-order valence-corrected chi connectivity index (χ2v) is 7.64. The Balaban J connectivity index is 1.53. The first-order chi connectivity index (χ1) is 13.1. The molecule has 1 saturated heterocycles. The number of rotatable bonds is 8. The van der Waals surface area contributed by atoms with E-state index >= 15 is 0 Å². The van der Waals surface area contributed by atoms with Crippen LogP contribution in [0.3, 0.4) is 0 Å². The van der Waals surface area contributed by atoms with Crippen LogP contribution >= 0.6 is 11.3 Å². The number of carbonyl (C=O) groups is 1. The molecule has 146 valence electrons. The Morgan fingerprint density at radius 1 is 1.30 bits per heavy atom. The first kappa shape index (κ1) is 19.7. The zero-order valence-electron chi connectivity index (χ0n) is 16.2. The predicted octanol–water partition coefficient (Wildman–Crippen LogP) is 3.65. The number of benzene rings is 1. The quantitative estimate of drug-likeness (QED) is 0.750. The molecule has 0 bridgehead atoms. The van der Waals surface area contributed by atoms with Gasteiger partial charge in [-0.15, -0.1) is 0 Å². The van der Waals surface area contributed by atoms with Crippen molar-refractivity contribution in [3.63, 3.8) is 0 Å². The summed E-state index contributed by atoms with van der Waals surface area (Å²) < 4.78 is 10.6. The zero-order chi connectivity index (χ0) is 19.2. The molecule has 2 unspecified atom stereocenters. The molecule has 1 aliphatic rings. The summed E-state index contributed by atoms with van der Waals surface area (Å²) in [6.07, 6.45) is 3.02. The number of thiophene rings is 1. The maximum atomic E-state index is 12.7. The Morgan fingerprint density at radius 2 is 2.11 bits per heavy atom. The lowest BCUT2D eigenvalue weighted by Crippen LogP contribution is -2.45. The van der Waals surface area contributed by atoms with Gasteiger partial charge in [0, 0.05) is 12.6 Å². The second-order valence-electron chi connectivity index (χ2n) is 6.86. The fraction of sp³-hybridized carbons (Fsp3) is 0.476. The van der Waals surface area contributed by atoms with Crippen LogP contribution in [0.2, 0.25) is 0 Å². The number of methoxy groups -OCH3 is 2. The van der Waals surface area contributed by atoms with E-state index in [1.165, 1.54) is 5.56 Å². The van der Waals surface area contributed by atoms with Crippen molar-refractivity contribution in [1.82, 2.24) is 10.2 Å². The van der Waals surface area contributed by atoms with Crippen LogP contribution in [0.1, 0.15) is 36.9 Å². The monoisotopic (exact) mass is 388 g/mol. The lowest BCUT2D eigenvalue weighted by molar-refractivity contribution is -0.126. The van der Waals surface area contributed by atoms with Gasteiger partial charge in [0.25, 0.3) is 0 Å². The Hall–Kier alpha value is -2.05. The van der Waals surface area contributed by atoms with E-state index in [9.17, 15) is 4.79 Å². The first-order valence-electron chi connectivity index (χ1n) is 9.40. The van der Waals surface area contributed by atoms with Crippen molar-refractivity contribution in [2.45, 2.75) is 38.3 Å². The zero-order valence-corrected chi connectivity index (χ0v) is 17.1. The van der Waals surface area contributed by atoms with E-state index < -0.39 is 0 Å². The van der Waals surface area contributed by atoms with Crippen LogP contribution in [0.4, 0.5) is 0 Å². The lowest BCUT2D eigenvalue weighted by Gasteiger charge is -2.29. The molecule has 1 N–H and O–H groups in total. The number of carbonyl (C=O) groups excluding carboxylic acids is 1. The van der Waals surface area contributed by atoms with Gasteiger partial charge in [-0.1, -0.05) is 6.07 Å². The average Bonchev–Trinajstić information content (AvgIpc) is 3.38. The van der Waals surface area contributed by atoms with Crippen molar-refractivity contribution in [2.24, 2.45) is 0 Å². The Morgan fingerprint density at radius 3 is 2.81 bits per heavy atom. The molecule has 0 saturated carbocycles. The number of likely N-dealkylation sites (tertiary alicyclic amines) is 1. The van der Waals surface area contributed by atoms with Gasteiger partial charge >= 0.3 is 0 Å². The second kappa shape index (κ2) is 9.24. The third kappa shape index (κ3) is 4.62. The van der Waals surface area contributed by atoms with E-state index in [1.54, 1.807) is 25.6 Å². The minimum Gasteiger partial charge on any atom is -0.493 e. The first-order valence-corrected chi connectivity index (χ1v) is 10.3. The number of hydrogen-bond acceptors (Lipinski definition) is 5. The average molecular weight is 389 g/mol. The predicted molar refractivity (Wildman–Crippen MR) is 109 cm³/mol. The van der Waals surface area contributed by atoms with Gasteiger partial charge in [0.05, 0.1) is 20.3 Å². The van der Waals surface area contributed by atoms with Gasteiger partial charge in [0.15, 0.2) is 11.5 Å². The molecule has 1 amide bonds. The normalized spacial score (nSPS) is 18.3. The van der Waals surface area contributed by atoms with Crippen molar-refractivity contribution in [3.05, 3.63) is 46.2 Å². The van der Waals surface area contributed by atoms with E-state index in [-0.39, 0.29) is 11.9 Å². The molecule has 6 heteroatoms. The fourth-order valence-electron chi connectivity index (χ4n) is 3.74. The fourth-order valence-corrected chi connectivity index (χ4v) is 4.45. The molecule has 0 aliphatic carbocycles. The largest absolute Gasteiger partial charge is 0.493 e. The summed E-state index contributed by atoms with van der Waals surface area (Å²) in [5.41, 5.74) is 2.44. The van der Waals surface area contributed by atoms with Gasteiger partial charge in [-0.3, -0.25) is 9.69 Å². The Kier molecular flexibility index (Phi) is 6.74. The maximum absolute atomic E-state index is 12.7. The molecule has 2 aromatic rings. The van der Waals surface area contributed by atoms with E-state index in [0.29, 0.717) is 24.1 Å². The van der Waals surface area contributed by atoms with E-state index in [0.717, 1.165) is 31.4 Å². The molecule has 0 radical (unpaired) electrons. The van der Waals surface area contributed by atoms with Crippen molar-refractivity contribution < 1.29 is 14.3 Å². The number of amides is 1. The molecule has 1 fully saturated rings. The lowest BCUT2D eigenvalue weighted by atomic mass is 10.1. The molecular formula is C21H28N2O3S. The molecular weight excluding hydrogens is 360 g/mol. The third-order valence-corrected chi connectivity index (χ3v) is 5.96. The molecule has 1 aliphatic heterocycles. The van der Waals surface area contributed by atoms with Crippen LogP contribution in [0.5, 0.6) is 11.5 Å². The Bertz CT molecular complexity index is 748. The highest BCUT2D eigenvalue weighted by atomic mass is 32.1. The highest BCUT2D eigenvalue weighted by Gasteiger charge is 2.32. The van der Waals surface area contributed by atoms with Crippen molar-refractivity contribution >= 4 is 17.2 Å². The summed E-state index contributed by atoms with van der Waals surface area (Å²) in [6, 6.07) is 8.28. The molecule has 27 heavy (non-hydrogen) atoms. The van der Waals surface area contributed by atoms with Crippen molar-refractivity contribution in [2.75, 3.05) is 27.3 Å². The molecule has 2 heterocycles. The number of ether oxygens (including phenoxy) is 2. The maximum Gasteiger partial charge on any atom is 0.237 e. The van der Waals surface area contributed by atoms with Crippen LogP contribution in [-0.2, 0) is 11.2 Å². The summed E-state index contributed by atoms with van der Waals surface area (Å²) in [6.45, 7) is 3.59. The molecule has 3 rings (SSSR count). The Labute approximate surface area is 165 Å². The summed E-state index contributed by atoms with van der Waals surface area (Å²) in [5.74, 6) is 1.52. The standard InChI is InChI=1S/C21H28N2O3S/c1-15(23-11-4-5-18(23)17-9-12-27-14-17)21(24)22-10-8-16-6-7-19(25-2)20(13-16)26-3/h6-7,9,12-15,18H,4-5,8,10-11H2,1-3H3,(H,22,24). The summed E-state index contributed by atoms with van der Waals surface area (Å²) in [7, 11) is 3.26. The van der Waals surface area contributed by atoms with Crippen molar-refractivity contribution in [1.29, 1.82) is 0 Å². The smallest absolute Gasteiger partial charge is 0.237 e. The summed E-state index contributed by atoms with van der Waals surface area (Å²) >= 11 is 1.72. The number of nitrogens with zero attached hydrogens (tertiary/aromatic N) is 1. The molecule has 0 spiro atoms. The van der Waals surface area contributed by atoms with Gasteiger partial charge in [-0.05, 0) is 72.8 Å². The third-order valence-electron chi connectivity index (χ3n) is 5.26. The molecule has 1 aromatic heterocycles. The number of hydrogen-bond donors (Lipinski definition) is 1. The van der Waals surface area contributed by atoms with E-state index in [4.69, 9.17) is 9.47 Å². The van der Waals surface area contributed by atoms with Crippen LogP contribution in [0.15, 0.2) is 35.0 Å². The van der Waals surface area contributed by atoms with Crippen LogP contribution in [0, 0.1) is 0 Å². The van der Waals surface area contributed by atoms with Crippen LogP contribution in [0.25, 0.3) is 0 Å². The van der Waals surface area contributed by atoms with Gasteiger partial charge in [-0.2, -0.15) is 11.3 Å². The van der Waals surface area contributed by atoms with E-state index in [1.807, 2.05) is 25.1 Å². The van der Waals surface area contributed by atoms with Crippen LogP contribution in [-0.4, -0.2) is 44.2 Å². The van der Waals surface area contributed by atoms with Crippen molar-refractivity contribution in [3.8, 4) is 11.5 Å². The highest BCUT2D eigenvalue weighted by Crippen LogP contribution is 2.34. The molecule has 1 aromatic carbocycles. The minimum atomic E-state index is -0.122. The molecule has 5 nitrogen and oxygen atoms in total. The van der Waals surface area contributed by atoms with E-state index in [2.05, 4.69) is 27.0 Å². The minimum absolute atomic E-state index is 0.0950. The number of nitrogens with one attached hydrogen (secondary N) is 1.